The van der Waals surface area contributed by atoms with E-state index < -0.39 is 0 Å². The Balaban J connectivity index is 2.28. The van der Waals surface area contributed by atoms with Gasteiger partial charge in [0.1, 0.15) is 5.75 Å². The molecule has 0 saturated heterocycles. The van der Waals surface area contributed by atoms with Crippen molar-refractivity contribution in [2.24, 2.45) is 0 Å². The maximum absolute atomic E-state index is 5.49. The van der Waals surface area contributed by atoms with Gasteiger partial charge < -0.3 is 9.72 Å². The van der Waals surface area contributed by atoms with Crippen LogP contribution in [0.4, 0.5) is 0 Å². The monoisotopic (exact) mass is 211 g/mol. The normalized spacial score (nSPS) is 11.1. The Morgan fingerprint density at radius 1 is 1.00 bits per heavy atom. The topological polar surface area (TPSA) is 25.0 Å². The summed E-state index contributed by atoms with van der Waals surface area (Å²) < 4.78 is 5.49. The average molecular weight is 211 g/mol. The molecular weight excluding hydrogens is 198 g/mol. The second-order valence-corrected chi connectivity index (χ2v) is 3.81. The number of ether oxygens (including phenoxy) is 1. The predicted octanol–water partition coefficient (Wildman–Crippen LogP) is 3.72. The first-order chi connectivity index (χ1) is 7.88. The number of benzene rings is 2. The van der Waals surface area contributed by atoms with Crippen LogP contribution in [0, 0.1) is 0 Å². The number of nitrogens with one attached hydrogen (secondary N) is 1. The predicted molar refractivity (Wildman–Crippen MR) is 67.0 cm³/mol. The van der Waals surface area contributed by atoms with Gasteiger partial charge in [0.05, 0.1) is 12.1 Å². The quantitative estimate of drug-likeness (QED) is 0.686. The highest BCUT2D eigenvalue weighted by molar-refractivity contribution is 6.07. The molecule has 0 radical (unpaired) electrons. The molecule has 0 aliphatic rings. The molecule has 2 heteroatoms. The van der Waals surface area contributed by atoms with Gasteiger partial charge in [-0.2, -0.15) is 0 Å². The van der Waals surface area contributed by atoms with E-state index in [-0.39, 0.29) is 0 Å². The molecule has 0 unspecified atom stereocenters. The Hall–Kier alpha value is -1.96. The summed E-state index contributed by atoms with van der Waals surface area (Å²) in [5.74, 6) is 0.918. The van der Waals surface area contributed by atoms with E-state index in [4.69, 9.17) is 4.74 Å². The molecule has 80 valence electrons. The zero-order valence-corrected chi connectivity index (χ0v) is 9.16. The van der Waals surface area contributed by atoms with E-state index in [1.807, 2.05) is 19.1 Å². The van der Waals surface area contributed by atoms with Crippen molar-refractivity contribution in [3.8, 4) is 5.75 Å². The van der Waals surface area contributed by atoms with Gasteiger partial charge in [-0.05, 0) is 25.1 Å². The molecule has 0 atom stereocenters. The maximum atomic E-state index is 5.49. The molecule has 3 aromatic rings. The molecule has 0 aliphatic heterocycles. The number of para-hydroxylation sites is 1. The van der Waals surface area contributed by atoms with Gasteiger partial charge in [0.2, 0.25) is 0 Å². The smallest absolute Gasteiger partial charge is 0.121 e. The van der Waals surface area contributed by atoms with Gasteiger partial charge in [-0.3, -0.25) is 0 Å². The minimum Gasteiger partial charge on any atom is -0.494 e. The lowest BCUT2D eigenvalue weighted by Gasteiger charge is -2.01. The number of hydrogen-bond acceptors (Lipinski definition) is 1. The fourth-order valence-electron chi connectivity index (χ4n) is 2.09. The number of aromatic nitrogens is 1. The van der Waals surface area contributed by atoms with Gasteiger partial charge in [-0.15, -0.1) is 0 Å². The summed E-state index contributed by atoms with van der Waals surface area (Å²) in [4.78, 5) is 3.40. The number of H-pyrrole nitrogens is 1. The molecule has 1 N–H and O–H groups in total. The van der Waals surface area contributed by atoms with Crippen LogP contribution in [0.25, 0.3) is 21.8 Å². The van der Waals surface area contributed by atoms with E-state index in [9.17, 15) is 0 Å². The summed E-state index contributed by atoms with van der Waals surface area (Å²) in [6, 6.07) is 14.5. The fourth-order valence-corrected chi connectivity index (χ4v) is 2.09. The molecule has 0 spiro atoms. The highest BCUT2D eigenvalue weighted by atomic mass is 16.5. The van der Waals surface area contributed by atoms with Gasteiger partial charge in [0, 0.05) is 22.4 Å². The van der Waals surface area contributed by atoms with Crippen molar-refractivity contribution in [3.63, 3.8) is 0 Å². The van der Waals surface area contributed by atoms with Crippen LogP contribution in [0.15, 0.2) is 42.5 Å². The van der Waals surface area contributed by atoms with Gasteiger partial charge in [-0.1, -0.05) is 18.2 Å². The summed E-state index contributed by atoms with van der Waals surface area (Å²) in [6.45, 7) is 2.70. The SMILES string of the molecule is CCOc1ccc2c(c1)[nH]c1ccccc12. The van der Waals surface area contributed by atoms with Crippen LogP contribution in [-0.2, 0) is 0 Å². The lowest BCUT2D eigenvalue weighted by atomic mass is 10.1. The summed E-state index contributed by atoms with van der Waals surface area (Å²) in [6.07, 6.45) is 0. The fraction of sp³-hybridized carbons (Fsp3) is 0.143. The van der Waals surface area contributed by atoms with Crippen LogP contribution in [-0.4, -0.2) is 11.6 Å². The summed E-state index contributed by atoms with van der Waals surface area (Å²) in [7, 11) is 0. The minimum atomic E-state index is 0.700. The molecule has 2 nitrogen and oxygen atoms in total. The molecule has 0 amide bonds. The largest absolute Gasteiger partial charge is 0.494 e. The molecule has 2 aromatic carbocycles. The van der Waals surface area contributed by atoms with Gasteiger partial charge in [-0.25, -0.2) is 0 Å². The molecule has 3 rings (SSSR count). The molecule has 0 aliphatic carbocycles. The van der Waals surface area contributed by atoms with Crippen LogP contribution in [0.2, 0.25) is 0 Å². The van der Waals surface area contributed by atoms with Gasteiger partial charge in [0.25, 0.3) is 0 Å². The van der Waals surface area contributed by atoms with E-state index in [1.54, 1.807) is 0 Å². The highest BCUT2D eigenvalue weighted by Gasteiger charge is 2.03. The minimum absolute atomic E-state index is 0.700. The molecule has 1 aromatic heterocycles. The van der Waals surface area contributed by atoms with Gasteiger partial charge >= 0.3 is 0 Å². The number of aromatic amines is 1. The lowest BCUT2D eigenvalue weighted by Crippen LogP contribution is -1.90. The lowest BCUT2D eigenvalue weighted by molar-refractivity contribution is 0.340. The number of hydrogen-bond donors (Lipinski definition) is 1. The van der Waals surface area contributed by atoms with Crippen LogP contribution in [0.5, 0.6) is 5.75 Å². The first-order valence-corrected chi connectivity index (χ1v) is 5.52. The van der Waals surface area contributed by atoms with Crippen LogP contribution < -0.4 is 4.74 Å². The molecule has 16 heavy (non-hydrogen) atoms. The van der Waals surface area contributed by atoms with Crippen LogP contribution in [0.3, 0.4) is 0 Å². The Labute approximate surface area is 93.8 Å². The van der Waals surface area contributed by atoms with Crippen LogP contribution >= 0.6 is 0 Å². The van der Waals surface area contributed by atoms with Crippen molar-refractivity contribution in [2.75, 3.05) is 6.61 Å². The Kier molecular flexibility index (Phi) is 2.07. The van der Waals surface area contributed by atoms with Crippen molar-refractivity contribution in [2.45, 2.75) is 6.92 Å². The van der Waals surface area contributed by atoms with E-state index >= 15 is 0 Å². The van der Waals surface area contributed by atoms with E-state index in [2.05, 4.69) is 35.3 Å². The average Bonchev–Trinajstić information content (AvgIpc) is 2.67. The standard InChI is InChI=1S/C14H13NO/c1-2-16-10-7-8-12-11-5-3-4-6-13(11)15-14(12)9-10/h3-9,15H,2H2,1H3. The van der Waals surface area contributed by atoms with E-state index in [1.165, 1.54) is 16.3 Å². The molecule has 0 saturated carbocycles. The third kappa shape index (κ3) is 1.34. The first-order valence-electron chi connectivity index (χ1n) is 5.52. The molecule has 0 bridgehead atoms. The van der Waals surface area contributed by atoms with E-state index in [0.717, 1.165) is 11.3 Å². The number of fused-ring (bicyclic) bond motifs is 3. The van der Waals surface area contributed by atoms with Crippen molar-refractivity contribution in [1.82, 2.24) is 4.98 Å². The second kappa shape index (κ2) is 3.56. The number of rotatable bonds is 2. The maximum Gasteiger partial charge on any atom is 0.121 e. The van der Waals surface area contributed by atoms with Crippen molar-refractivity contribution in [1.29, 1.82) is 0 Å². The summed E-state index contributed by atoms with van der Waals surface area (Å²) >= 11 is 0. The zero-order chi connectivity index (χ0) is 11.0. The summed E-state index contributed by atoms with van der Waals surface area (Å²) in [5.41, 5.74) is 2.30. The molecule has 1 heterocycles. The molecular formula is C14H13NO. The Morgan fingerprint density at radius 2 is 1.81 bits per heavy atom. The third-order valence-corrected chi connectivity index (χ3v) is 2.79. The van der Waals surface area contributed by atoms with Crippen LogP contribution in [0.1, 0.15) is 6.92 Å². The zero-order valence-electron chi connectivity index (χ0n) is 9.16. The molecule has 0 fully saturated rings. The highest BCUT2D eigenvalue weighted by Crippen LogP contribution is 2.27. The van der Waals surface area contributed by atoms with Gasteiger partial charge in [0.15, 0.2) is 0 Å². The summed E-state index contributed by atoms with van der Waals surface area (Å²) in [5, 5.41) is 2.51. The Bertz CT molecular complexity index is 639. The second-order valence-electron chi connectivity index (χ2n) is 3.81. The van der Waals surface area contributed by atoms with Crippen molar-refractivity contribution in [3.05, 3.63) is 42.5 Å². The van der Waals surface area contributed by atoms with Crippen molar-refractivity contribution < 1.29 is 4.74 Å². The Morgan fingerprint density at radius 3 is 2.69 bits per heavy atom. The van der Waals surface area contributed by atoms with E-state index in [0.29, 0.717) is 6.61 Å². The third-order valence-electron chi connectivity index (χ3n) is 2.79. The van der Waals surface area contributed by atoms with Crippen molar-refractivity contribution >= 4 is 21.8 Å². The first kappa shape index (κ1) is 9.28.